The van der Waals surface area contributed by atoms with E-state index in [1.54, 1.807) is 13.3 Å². The van der Waals surface area contributed by atoms with Crippen molar-refractivity contribution < 1.29 is 14.2 Å². The molecule has 1 aromatic rings. The quantitative estimate of drug-likeness (QED) is 0.272. The molecule has 0 atom stereocenters. The molecule has 0 amide bonds. The van der Waals surface area contributed by atoms with Gasteiger partial charge in [0.05, 0.1) is 0 Å². The van der Waals surface area contributed by atoms with E-state index in [1.165, 1.54) is 4.90 Å². The van der Waals surface area contributed by atoms with Crippen LogP contribution in [-0.4, -0.2) is 32.7 Å². The average molecular weight is 313 g/mol. The average Bonchev–Trinajstić information content (AvgIpc) is 2.49. The highest BCUT2D eigenvalue weighted by molar-refractivity contribution is 7.99. The molecule has 0 aliphatic carbocycles. The lowest BCUT2D eigenvalue weighted by Gasteiger charge is -2.08. The molecular weight excluding hydrogens is 286 g/mol. The summed E-state index contributed by atoms with van der Waals surface area (Å²) in [4.78, 5) is 1.21. The molecule has 0 N–H and O–H groups in total. The van der Waals surface area contributed by atoms with Crippen LogP contribution in [0, 0.1) is 19.1 Å². The van der Waals surface area contributed by atoms with E-state index in [1.807, 2.05) is 31.7 Å². The van der Waals surface area contributed by atoms with Crippen LogP contribution < -0.4 is 4.73 Å². The van der Waals surface area contributed by atoms with Crippen LogP contribution in [0.5, 0.6) is 0 Å². The zero-order valence-corrected chi connectivity index (χ0v) is 14.2. The van der Waals surface area contributed by atoms with E-state index in [2.05, 4.69) is 0 Å². The van der Waals surface area contributed by atoms with Gasteiger partial charge in [0.2, 0.25) is 0 Å². The highest BCUT2D eigenvalue weighted by Gasteiger charge is 2.08. The van der Waals surface area contributed by atoms with Gasteiger partial charge in [-0.3, -0.25) is 0 Å². The molecule has 0 saturated carbocycles. The maximum absolute atomic E-state index is 11.4. The molecule has 0 saturated heterocycles. The summed E-state index contributed by atoms with van der Waals surface area (Å²) >= 11 is 1.82. The van der Waals surface area contributed by atoms with Crippen LogP contribution in [0.3, 0.4) is 0 Å². The minimum Gasteiger partial charge on any atom is -0.619 e. The van der Waals surface area contributed by atoms with Crippen LogP contribution in [0.25, 0.3) is 0 Å². The Morgan fingerprint density at radius 1 is 1.10 bits per heavy atom. The summed E-state index contributed by atoms with van der Waals surface area (Å²) in [6.07, 6.45) is 5.95. The van der Waals surface area contributed by atoms with Crippen molar-refractivity contribution >= 4 is 11.8 Å². The molecule has 21 heavy (non-hydrogen) atoms. The Hall–Kier alpha value is -0.780. The molecule has 0 bridgehead atoms. The normalized spacial score (nSPS) is 11.0. The second-order valence-electron chi connectivity index (χ2n) is 5.08. The fourth-order valence-corrected chi connectivity index (χ4v) is 3.00. The maximum atomic E-state index is 11.4. The molecule has 0 radical (unpaired) electrons. The van der Waals surface area contributed by atoms with Gasteiger partial charge < -0.3 is 14.7 Å². The third-order valence-electron chi connectivity index (χ3n) is 3.43. The highest BCUT2D eigenvalue weighted by Crippen LogP contribution is 2.23. The van der Waals surface area contributed by atoms with Gasteiger partial charge in [0, 0.05) is 50.4 Å². The van der Waals surface area contributed by atoms with E-state index >= 15 is 0 Å². The molecular formula is C16H27NO3S. The van der Waals surface area contributed by atoms with E-state index in [0.717, 1.165) is 67.2 Å². The molecule has 1 heterocycles. The topological polar surface area (TPSA) is 45.4 Å². The van der Waals surface area contributed by atoms with E-state index in [-0.39, 0.29) is 0 Å². The molecule has 0 fully saturated rings. The van der Waals surface area contributed by atoms with Gasteiger partial charge in [-0.1, -0.05) is 0 Å². The first-order chi connectivity index (χ1) is 10.2. The molecule has 0 unspecified atom stereocenters. The molecule has 4 nitrogen and oxygen atoms in total. The number of hydrogen-bond acceptors (Lipinski definition) is 4. The van der Waals surface area contributed by atoms with Crippen molar-refractivity contribution in [3.8, 4) is 0 Å². The Labute approximate surface area is 132 Å². The Morgan fingerprint density at radius 2 is 1.76 bits per heavy atom. The first-order valence-corrected chi connectivity index (χ1v) is 8.54. The third-order valence-corrected chi connectivity index (χ3v) is 4.68. The number of unbranched alkanes of at least 4 members (excludes halogenated alkanes) is 2. The van der Waals surface area contributed by atoms with Crippen molar-refractivity contribution in [1.82, 2.24) is 0 Å². The fraction of sp³-hybridized carbons (Fsp3) is 0.688. The zero-order chi connectivity index (χ0) is 15.5. The smallest absolute Gasteiger partial charge is 0.193 e. The maximum Gasteiger partial charge on any atom is 0.193 e. The molecule has 1 aromatic heterocycles. The standard InChI is InChI=1S/C16H27NO3S/c1-14-15(2)17(18)9-8-16(14)21-13-7-6-12-20-11-5-4-10-19-3/h8-9H,4-7,10-13H2,1-3H3. The van der Waals surface area contributed by atoms with Gasteiger partial charge in [-0.05, 0) is 38.4 Å². The van der Waals surface area contributed by atoms with Gasteiger partial charge in [-0.2, -0.15) is 4.73 Å². The fourth-order valence-electron chi connectivity index (χ4n) is 1.91. The predicted molar refractivity (Wildman–Crippen MR) is 86.8 cm³/mol. The van der Waals surface area contributed by atoms with Crippen molar-refractivity contribution in [1.29, 1.82) is 0 Å². The van der Waals surface area contributed by atoms with Crippen molar-refractivity contribution in [2.24, 2.45) is 0 Å². The number of rotatable bonds is 11. The monoisotopic (exact) mass is 313 g/mol. The van der Waals surface area contributed by atoms with Crippen LogP contribution >= 0.6 is 11.8 Å². The lowest BCUT2D eigenvalue weighted by Crippen LogP contribution is -2.30. The van der Waals surface area contributed by atoms with Crippen LogP contribution in [-0.2, 0) is 9.47 Å². The van der Waals surface area contributed by atoms with Crippen LogP contribution in [0.4, 0.5) is 0 Å². The molecule has 5 heteroatoms. The van der Waals surface area contributed by atoms with Crippen molar-refractivity contribution in [2.75, 3.05) is 32.7 Å². The van der Waals surface area contributed by atoms with Gasteiger partial charge in [-0.15, -0.1) is 11.8 Å². The van der Waals surface area contributed by atoms with Crippen LogP contribution in [0.15, 0.2) is 17.2 Å². The number of aromatic nitrogens is 1. The lowest BCUT2D eigenvalue weighted by atomic mass is 10.2. The Balaban J connectivity index is 2.06. The second kappa shape index (κ2) is 10.9. The molecule has 1 rings (SSSR count). The molecule has 0 aromatic carbocycles. The SMILES string of the molecule is COCCCCOCCCCSc1cc[n+]([O-])c(C)c1C. The van der Waals surface area contributed by atoms with Crippen molar-refractivity contribution in [2.45, 2.75) is 44.4 Å². The summed E-state index contributed by atoms with van der Waals surface area (Å²) in [6.45, 7) is 6.36. The van der Waals surface area contributed by atoms with Crippen molar-refractivity contribution in [3.05, 3.63) is 28.7 Å². The summed E-state index contributed by atoms with van der Waals surface area (Å²) in [5.74, 6) is 1.07. The zero-order valence-electron chi connectivity index (χ0n) is 13.4. The highest BCUT2D eigenvalue weighted by atomic mass is 32.2. The van der Waals surface area contributed by atoms with Gasteiger partial charge in [0.1, 0.15) is 0 Å². The molecule has 0 spiro atoms. The Bertz CT molecular complexity index is 413. The summed E-state index contributed by atoms with van der Waals surface area (Å²) in [6, 6.07) is 1.91. The number of thioether (sulfide) groups is 1. The molecule has 120 valence electrons. The largest absolute Gasteiger partial charge is 0.619 e. The lowest BCUT2D eigenvalue weighted by molar-refractivity contribution is -0.613. The van der Waals surface area contributed by atoms with Crippen LogP contribution in [0.1, 0.15) is 36.9 Å². The number of ether oxygens (including phenoxy) is 2. The van der Waals surface area contributed by atoms with E-state index in [0.29, 0.717) is 0 Å². The molecule has 0 aliphatic heterocycles. The Morgan fingerprint density at radius 3 is 2.48 bits per heavy atom. The molecule has 0 aliphatic rings. The van der Waals surface area contributed by atoms with E-state index in [9.17, 15) is 5.21 Å². The Kier molecular flexibility index (Phi) is 9.46. The minimum absolute atomic E-state index is 0.791. The van der Waals surface area contributed by atoms with Gasteiger partial charge in [0.25, 0.3) is 0 Å². The number of nitrogens with zero attached hydrogens (tertiary/aromatic N) is 1. The van der Waals surface area contributed by atoms with Gasteiger partial charge >= 0.3 is 0 Å². The second-order valence-corrected chi connectivity index (χ2v) is 6.22. The first kappa shape index (κ1) is 18.3. The van der Waals surface area contributed by atoms with Gasteiger partial charge in [0.15, 0.2) is 11.9 Å². The number of methoxy groups -OCH3 is 1. The van der Waals surface area contributed by atoms with Crippen molar-refractivity contribution in [3.63, 3.8) is 0 Å². The summed E-state index contributed by atoms with van der Waals surface area (Å²) in [7, 11) is 1.73. The van der Waals surface area contributed by atoms with Gasteiger partial charge in [-0.25, -0.2) is 0 Å². The third kappa shape index (κ3) is 7.16. The summed E-state index contributed by atoms with van der Waals surface area (Å²) in [5, 5.41) is 11.4. The predicted octanol–water partition coefficient (Wildman–Crippen LogP) is 3.25. The summed E-state index contributed by atoms with van der Waals surface area (Å²) < 4.78 is 11.5. The van der Waals surface area contributed by atoms with E-state index in [4.69, 9.17) is 9.47 Å². The van der Waals surface area contributed by atoms with Crippen LogP contribution in [0.2, 0.25) is 0 Å². The number of hydrogen-bond donors (Lipinski definition) is 0. The number of pyridine rings is 1. The van der Waals surface area contributed by atoms with E-state index < -0.39 is 0 Å². The first-order valence-electron chi connectivity index (χ1n) is 7.55. The minimum atomic E-state index is 0.791. The summed E-state index contributed by atoms with van der Waals surface area (Å²) in [5.41, 5.74) is 1.88.